The van der Waals surface area contributed by atoms with E-state index in [2.05, 4.69) is 4.99 Å². The number of aliphatic imine (C=N–C) groups is 1. The van der Waals surface area contributed by atoms with Crippen LogP contribution in [0.3, 0.4) is 0 Å². The van der Waals surface area contributed by atoms with E-state index in [-0.39, 0.29) is 16.7 Å². The van der Waals surface area contributed by atoms with Crippen LogP contribution in [0.15, 0.2) is 23.2 Å². The Bertz CT molecular complexity index is 343. The Morgan fingerprint density at radius 2 is 2.31 bits per heavy atom. The van der Waals surface area contributed by atoms with Gasteiger partial charge in [0.1, 0.15) is 11.5 Å². The molecule has 1 aromatic carbocycles. The third-order valence-corrected chi connectivity index (χ3v) is 1.50. The van der Waals surface area contributed by atoms with Gasteiger partial charge in [-0.3, -0.25) is 5.21 Å². The number of halogens is 2. The summed E-state index contributed by atoms with van der Waals surface area (Å²) in [6, 6.07) is 3.92. The van der Waals surface area contributed by atoms with E-state index in [1.54, 1.807) is 5.48 Å². The van der Waals surface area contributed by atoms with Gasteiger partial charge in [-0.05, 0) is 18.2 Å². The summed E-state index contributed by atoms with van der Waals surface area (Å²) < 4.78 is 13.0. The average molecular weight is 204 g/mol. The Kier molecular flexibility index (Phi) is 3.05. The van der Waals surface area contributed by atoms with Crippen molar-refractivity contribution >= 4 is 23.2 Å². The molecule has 0 spiro atoms. The van der Waals surface area contributed by atoms with Crippen molar-refractivity contribution in [2.24, 2.45) is 10.7 Å². The van der Waals surface area contributed by atoms with E-state index in [1.165, 1.54) is 12.1 Å². The Balaban J connectivity index is 3.03. The van der Waals surface area contributed by atoms with Crippen molar-refractivity contribution in [3.8, 4) is 0 Å². The smallest absolute Gasteiger partial charge is 0.218 e. The molecule has 0 saturated heterocycles. The molecule has 6 heteroatoms. The van der Waals surface area contributed by atoms with Crippen LogP contribution in [-0.2, 0) is 0 Å². The average Bonchev–Trinajstić information content (AvgIpc) is 2.09. The molecule has 13 heavy (non-hydrogen) atoms. The number of guanidine groups is 1. The fourth-order valence-corrected chi connectivity index (χ4v) is 0.885. The van der Waals surface area contributed by atoms with Gasteiger partial charge in [0, 0.05) is 5.02 Å². The molecule has 1 rings (SSSR count). The lowest BCUT2D eigenvalue weighted by Crippen LogP contribution is -2.27. The second-order valence-electron chi connectivity index (χ2n) is 2.20. The topological polar surface area (TPSA) is 70.6 Å². The molecular formula is C7H7ClFN3O. The van der Waals surface area contributed by atoms with Crippen LogP contribution in [0.4, 0.5) is 10.1 Å². The molecular weight excluding hydrogens is 197 g/mol. The molecule has 70 valence electrons. The Morgan fingerprint density at radius 1 is 1.62 bits per heavy atom. The summed E-state index contributed by atoms with van der Waals surface area (Å²) in [6.07, 6.45) is 0. The Morgan fingerprint density at radius 3 is 2.85 bits per heavy atom. The zero-order valence-corrected chi connectivity index (χ0v) is 7.22. The zero-order valence-electron chi connectivity index (χ0n) is 6.46. The minimum absolute atomic E-state index is 0.00319. The molecule has 0 heterocycles. The van der Waals surface area contributed by atoms with Gasteiger partial charge in [0.2, 0.25) is 5.96 Å². The van der Waals surface area contributed by atoms with Crippen LogP contribution in [-0.4, -0.2) is 11.2 Å². The fourth-order valence-electron chi connectivity index (χ4n) is 0.727. The lowest BCUT2D eigenvalue weighted by molar-refractivity contribution is 0.233. The lowest BCUT2D eigenvalue weighted by Gasteiger charge is -1.99. The van der Waals surface area contributed by atoms with Gasteiger partial charge in [0.25, 0.3) is 0 Å². The molecule has 0 aliphatic carbocycles. The monoisotopic (exact) mass is 203 g/mol. The van der Waals surface area contributed by atoms with Crippen LogP contribution in [0.1, 0.15) is 0 Å². The molecule has 0 atom stereocenters. The van der Waals surface area contributed by atoms with Gasteiger partial charge in [0.15, 0.2) is 0 Å². The highest BCUT2D eigenvalue weighted by Gasteiger charge is 2.01. The van der Waals surface area contributed by atoms with E-state index in [4.69, 9.17) is 22.5 Å². The van der Waals surface area contributed by atoms with Crippen molar-refractivity contribution in [1.82, 2.24) is 5.48 Å². The number of hydrogen-bond donors (Lipinski definition) is 3. The van der Waals surface area contributed by atoms with Crippen LogP contribution >= 0.6 is 11.6 Å². The first-order chi connectivity index (χ1) is 6.13. The first-order valence-corrected chi connectivity index (χ1v) is 3.70. The SMILES string of the molecule is NC(=Nc1ccc(Cl)cc1F)NO. The number of nitrogens with one attached hydrogen (secondary N) is 1. The van der Waals surface area contributed by atoms with Gasteiger partial charge >= 0.3 is 0 Å². The maximum absolute atomic E-state index is 13.0. The van der Waals surface area contributed by atoms with Gasteiger partial charge in [-0.1, -0.05) is 11.6 Å². The second kappa shape index (κ2) is 4.06. The number of hydroxylamine groups is 1. The van der Waals surface area contributed by atoms with E-state index < -0.39 is 5.82 Å². The van der Waals surface area contributed by atoms with Gasteiger partial charge in [-0.2, -0.15) is 0 Å². The number of nitrogens with two attached hydrogens (primary N) is 1. The van der Waals surface area contributed by atoms with Crippen molar-refractivity contribution in [2.75, 3.05) is 0 Å². The van der Waals surface area contributed by atoms with E-state index in [0.29, 0.717) is 0 Å². The minimum Gasteiger partial charge on any atom is -0.368 e. The van der Waals surface area contributed by atoms with Crippen LogP contribution in [0, 0.1) is 5.82 Å². The molecule has 0 saturated carbocycles. The van der Waals surface area contributed by atoms with Crippen LogP contribution in [0.2, 0.25) is 5.02 Å². The van der Waals surface area contributed by atoms with Crippen LogP contribution in [0.25, 0.3) is 0 Å². The van der Waals surface area contributed by atoms with Crippen molar-refractivity contribution in [3.05, 3.63) is 29.0 Å². The van der Waals surface area contributed by atoms with Crippen molar-refractivity contribution < 1.29 is 9.60 Å². The first-order valence-electron chi connectivity index (χ1n) is 3.33. The summed E-state index contributed by atoms with van der Waals surface area (Å²) in [4.78, 5) is 3.52. The maximum Gasteiger partial charge on any atom is 0.218 e. The zero-order chi connectivity index (χ0) is 9.84. The molecule has 0 radical (unpaired) electrons. The number of rotatable bonds is 1. The summed E-state index contributed by atoms with van der Waals surface area (Å²) >= 11 is 5.50. The summed E-state index contributed by atoms with van der Waals surface area (Å²) in [6.45, 7) is 0. The molecule has 1 aromatic rings. The van der Waals surface area contributed by atoms with Gasteiger partial charge in [-0.15, -0.1) is 0 Å². The predicted octanol–water partition coefficient (Wildman–Crippen LogP) is 1.40. The van der Waals surface area contributed by atoms with E-state index in [0.717, 1.165) is 6.07 Å². The molecule has 0 aromatic heterocycles. The lowest BCUT2D eigenvalue weighted by atomic mass is 10.3. The van der Waals surface area contributed by atoms with E-state index in [1.807, 2.05) is 0 Å². The first kappa shape index (κ1) is 9.76. The molecule has 0 fully saturated rings. The number of benzene rings is 1. The standard InChI is InChI=1S/C7H7ClFN3O/c8-4-1-2-6(5(9)3-4)11-7(10)12-13/h1-3,13H,(H3,10,11,12). The summed E-state index contributed by atoms with van der Waals surface area (Å²) in [5, 5.41) is 8.56. The summed E-state index contributed by atoms with van der Waals surface area (Å²) in [7, 11) is 0. The molecule has 0 amide bonds. The highest BCUT2D eigenvalue weighted by atomic mass is 35.5. The van der Waals surface area contributed by atoms with Gasteiger partial charge in [0.05, 0.1) is 0 Å². The second-order valence-corrected chi connectivity index (χ2v) is 2.64. The van der Waals surface area contributed by atoms with Crippen molar-refractivity contribution in [3.63, 3.8) is 0 Å². The normalized spacial score (nSPS) is 11.5. The number of nitrogens with zero attached hydrogens (tertiary/aromatic N) is 1. The Labute approximate surface area is 78.8 Å². The minimum atomic E-state index is -0.606. The predicted molar refractivity (Wildman–Crippen MR) is 47.6 cm³/mol. The van der Waals surface area contributed by atoms with Gasteiger partial charge in [-0.25, -0.2) is 14.9 Å². The van der Waals surface area contributed by atoms with Crippen LogP contribution in [0.5, 0.6) is 0 Å². The molecule has 0 aliphatic rings. The fraction of sp³-hybridized carbons (Fsp3) is 0. The molecule has 4 N–H and O–H groups in total. The van der Waals surface area contributed by atoms with E-state index >= 15 is 0 Å². The van der Waals surface area contributed by atoms with Crippen molar-refractivity contribution in [1.29, 1.82) is 0 Å². The highest BCUT2D eigenvalue weighted by Crippen LogP contribution is 2.21. The molecule has 4 nitrogen and oxygen atoms in total. The summed E-state index contributed by atoms with van der Waals surface area (Å²) in [5.74, 6) is -0.896. The summed E-state index contributed by atoms with van der Waals surface area (Å²) in [5.41, 5.74) is 6.69. The van der Waals surface area contributed by atoms with Gasteiger partial charge < -0.3 is 5.73 Å². The highest BCUT2D eigenvalue weighted by molar-refractivity contribution is 6.30. The third kappa shape index (κ3) is 2.57. The Hall–Kier alpha value is -1.33. The third-order valence-electron chi connectivity index (χ3n) is 1.27. The maximum atomic E-state index is 13.0. The molecule has 0 unspecified atom stereocenters. The largest absolute Gasteiger partial charge is 0.368 e. The molecule has 0 aliphatic heterocycles. The quantitative estimate of drug-likeness (QED) is 0.367. The van der Waals surface area contributed by atoms with Crippen LogP contribution < -0.4 is 11.2 Å². The van der Waals surface area contributed by atoms with E-state index in [9.17, 15) is 4.39 Å². The number of hydrogen-bond acceptors (Lipinski definition) is 2. The van der Waals surface area contributed by atoms with Crippen molar-refractivity contribution in [2.45, 2.75) is 0 Å². The molecule has 0 bridgehead atoms.